The van der Waals surface area contributed by atoms with Crippen molar-refractivity contribution in [3.63, 3.8) is 0 Å². The van der Waals surface area contributed by atoms with E-state index in [2.05, 4.69) is 5.32 Å². The summed E-state index contributed by atoms with van der Waals surface area (Å²) in [6.07, 6.45) is 0.100. The van der Waals surface area contributed by atoms with Gasteiger partial charge in [0.15, 0.2) is 0 Å². The average molecular weight is 315 g/mol. The van der Waals surface area contributed by atoms with E-state index in [4.69, 9.17) is 4.42 Å². The largest absolute Gasteiger partial charge is 0.458 e. The number of aliphatic hydroxyl groups is 1. The Bertz CT molecular complexity index is 715. The number of carbonyl (C=O) groups is 1. The lowest BCUT2D eigenvalue weighted by molar-refractivity contribution is -0.120. The van der Waals surface area contributed by atoms with Crippen molar-refractivity contribution in [2.45, 2.75) is 18.9 Å². The number of hydrogen-bond donors (Lipinski definition) is 2. The molecule has 1 atom stereocenters. The van der Waals surface area contributed by atoms with Gasteiger partial charge in [0, 0.05) is 16.8 Å². The first-order chi connectivity index (χ1) is 10.7. The number of hydrogen-bond acceptors (Lipinski definition) is 4. The standard InChI is InChI=1S/C17H17NO3S/c19-14(16-10-12-4-1-2-6-15(12)21-16)7-8-18-17(20)11-13-5-3-9-22-13/h1-6,9-10,14,19H,7-8,11H2,(H,18,20)/t14-/m0/s1. The van der Waals surface area contributed by atoms with E-state index in [1.54, 1.807) is 11.3 Å². The van der Waals surface area contributed by atoms with E-state index in [0.717, 1.165) is 15.8 Å². The number of nitrogens with one attached hydrogen (secondary N) is 1. The maximum absolute atomic E-state index is 11.8. The van der Waals surface area contributed by atoms with Crippen LogP contribution < -0.4 is 5.32 Å². The van der Waals surface area contributed by atoms with Gasteiger partial charge in [0.2, 0.25) is 5.91 Å². The van der Waals surface area contributed by atoms with E-state index in [1.165, 1.54) is 0 Å². The summed E-state index contributed by atoms with van der Waals surface area (Å²) < 4.78 is 5.61. The smallest absolute Gasteiger partial charge is 0.225 e. The van der Waals surface area contributed by atoms with Gasteiger partial charge >= 0.3 is 0 Å². The Morgan fingerprint density at radius 3 is 2.91 bits per heavy atom. The van der Waals surface area contributed by atoms with E-state index < -0.39 is 6.10 Å². The summed E-state index contributed by atoms with van der Waals surface area (Å²) in [7, 11) is 0. The molecule has 0 unspecified atom stereocenters. The van der Waals surface area contributed by atoms with Gasteiger partial charge < -0.3 is 14.8 Å². The molecule has 3 rings (SSSR count). The third-order valence-corrected chi connectivity index (χ3v) is 4.30. The zero-order valence-electron chi connectivity index (χ0n) is 12.0. The summed E-state index contributed by atoms with van der Waals surface area (Å²) >= 11 is 1.57. The molecule has 3 aromatic rings. The van der Waals surface area contributed by atoms with Crippen molar-refractivity contribution in [2.75, 3.05) is 6.54 Å². The molecule has 0 aliphatic carbocycles. The second kappa shape index (κ2) is 6.77. The van der Waals surface area contributed by atoms with Crippen LogP contribution in [0, 0.1) is 0 Å². The van der Waals surface area contributed by atoms with Crippen molar-refractivity contribution in [1.82, 2.24) is 5.32 Å². The molecule has 0 radical (unpaired) electrons. The van der Waals surface area contributed by atoms with E-state index in [1.807, 2.05) is 47.8 Å². The molecular formula is C17H17NO3S. The fourth-order valence-corrected chi connectivity index (χ4v) is 2.99. The van der Waals surface area contributed by atoms with Gasteiger partial charge in [-0.1, -0.05) is 24.3 Å². The summed E-state index contributed by atoms with van der Waals surface area (Å²) in [5.74, 6) is 0.507. The molecule has 114 valence electrons. The van der Waals surface area contributed by atoms with Crippen molar-refractivity contribution in [2.24, 2.45) is 0 Å². The van der Waals surface area contributed by atoms with Crippen LogP contribution in [0.5, 0.6) is 0 Å². The molecule has 0 spiro atoms. The third-order valence-electron chi connectivity index (χ3n) is 3.43. The van der Waals surface area contributed by atoms with Crippen LogP contribution in [0.1, 0.15) is 23.2 Å². The fraction of sp³-hybridized carbons (Fsp3) is 0.235. The molecule has 22 heavy (non-hydrogen) atoms. The zero-order valence-corrected chi connectivity index (χ0v) is 12.8. The lowest BCUT2D eigenvalue weighted by Gasteiger charge is -2.08. The number of rotatable bonds is 6. The molecule has 1 aromatic carbocycles. The minimum atomic E-state index is -0.713. The van der Waals surface area contributed by atoms with E-state index in [-0.39, 0.29) is 5.91 Å². The van der Waals surface area contributed by atoms with Crippen LogP contribution in [-0.4, -0.2) is 17.6 Å². The van der Waals surface area contributed by atoms with Crippen molar-refractivity contribution in [1.29, 1.82) is 0 Å². The van der Waals surface area contributed by atoms with Crippen LogP contribution >= 0.6 is 11.3 Å². The number of fused-ring (bicyclic) bond motifs is 1. The van der Waals surface area contributed by atoms with Gasteiger partial charge in [-0.15, -0.1) is 11.3 Å². The molecule has 0 aliphatic rings. The monoisotopic (exact) mass is 315 g/mol. The van der Waals surface area contributed by atoms with Gasteiger partial charge in [-0.3, -0.25) is 4.79 Å². The van der Waals surface area contributed by atoms with Crippen LogP contribution in [0.25, 0.3) is 11.0 Å². The van der Waals surface area contributed by atoms with Crippen LogP contribution in [0.4, 0.5) is 0 Å². The number of furan rings is 1. The summed E-state index contributed by atoms with van der Waals surface area (Å²) in [4.78, 5) is 12.8. The highest BCUT2D eigenvalue weighted by molar-refractivity contribution is 7.10. The van der Waals surface area contributed by atoms with Gasteiger partial charge in [0.1, 0.15) is 17.4 Å². The maximum atomic E-state index is 11.8. The highest BCUT2D eigenvalue weighted by Crippen LogP contribution is 2.25. The number of thiophene rings is 1. The first kappa shape index (κ1) is 14.8. The lowest BCUT2D eigenvalue weighted by Crippen LogP contribution is -2.26. The minimum Gasteiger partial charge on any atom is -0.458 e. The molecule has 0 aliphatic heterocycles. The van der Waals surface area contributed by atoms with Crippen molar-refractivity contribution < 1.29 is 14.3 Å². The Morgan fingerprint density at radius 1 is 1.27 bits per heavy atom. The van der Waals surface area contributed by atoms with Crippen molar-refractivity contribution in [3.8, 4) is 0 Å². The quantitative estimate of drug-likeness (QED) is 0.734. The number of para-hydroxylation sites is 1. The predicted molar refractivity (Wildman–Crippen MR) is 86.8 cm³/mol. The Morgan fingerprint density at radius 2 is 2.14 bits per heavy atom. The summed E-state index contributed by atoms with van der Waals surface area (Å²) in [5, 5.41) is 15.9. The molecule has 1 amide bonds. The van der Waals surface area contributed by atoms with Gasteiger partial charge in [-0.2, -0.15) is 0 Å². The topological polar surface area (TPSA) is 62.5 Å². The third kappa shape index (κ3) is 3.55. The summed E-state index contributed by atoms with van der Waals surface area (Å²) in [5.41, 5.74) is 0.762. The van der Waals surface area contributed by atoms with E-state index in [0.29, 0.717) is 25.1 Å². The highest BCUT2D eigenvalue weighted by atomic mass is 32.1. The second-order valence-corrected chi connectivity index (χ2v) is 6.13. The fourth-order valence-electron chi connectivity index (χ4n) is 2.29. The lowest BCUT2D eigenvalue weighted by atomic mass is 10.2. The van der Waals surface area contributed by atoms with Gasteiger partial charge in [-0.05, 0) is 30.0 Å². The zero-order chi connectivity index (χ0) is 15.4. The molecular weight excluding hydrogens is 298 g/mol. The van der Waals surface area contributed by atoms with Crippen LogP contribution in [-0.2, 0) is 11.2 Å². The molecule has 2 aromatic heterocycles. The molecule has 2 N–H and O–H groups in total. The van der Waals surface area contributed by atoms with Crippen LogP contribution in [0.3, 0.4) is 0 Å². The molecule has 0 saturated heterocycles. The predicted octanol–water partition coefficient (Wildman–Crippen LogP) is 3.28. The maximum Gasteiger partial charge on any atom is 0.225 e. The van der Waals surface area contributed by atoms with Crippen LogP contribution in [0.15, 0.2) is 52.3 Å². The summed E-state index contributed by atoms with van der Waals surface area (Å²) in [6, 6.07) is 13.3. The van der Waals surface area contributed by atoms with Crippen molar-refractivity contribution >= 4 is 28.2 Å². The number of aliphatic hydroxyl groups excluding tert-OH is 1. The Kier molecular flexibility index (Phi) is 4.56. The minimum absolute atomic E-state index is 0.0285. The highest BCUT2D eigenvalue weighted by Gasteiger charge is 2.13. The SMILES string of the molecule is O=C(Cc1cccs1)NCC[C@H](O)c1cc2ccccc2o1. The molecule has 0 bridgehead atoms. The first-order valence-corrected chi connectivity index (χ1v) is 8.06. The molecule has 0 saturated carbocycles. The van der Waals surface area contributed by atoms with Gasteiger partial charge in [0.25, 0.3) is 0 Å². The molecule has 5 heteroatoms. The first-order valence-electron chi connectivity index (χ1n) is 7.18. The van der Waals surface area contributed by atoms with Gasteiger partial charge in [-0.25, -0.2) is 0 Å². The van der Waals surface area contributed by atoms with Crippen molar-refractivity contribution in [3.05, 3.63) is 58.5 Å². The molecule has 2 heterocycles. The number of benzene rings is 1. The van der Waals surface area contributed by atoms with E-state index in [9.17, 15) is 9.90 Å². The Labute approximate surface area is 132 Å². The Balaban J connectivity index is 1.49. The molecule has 0 fully saturated rings. The number of amides is 1. The molecule has 4 nitrogen and oxygen atoms in total. The normalized spacial score (nSPS) is 12.4. The van der Waals surface area contributed by atoms with E-state index >= 15 is 0 Å². The summed E-state index contributed by atoms with van der Waals surface area (Å²) in [6.45, 7) is 0.419. The Hall–Kier alpha value is -2.11. The average Bonchev–Trinajstić information content (AvgIpc) is 3.15. The second-order valence-electron chi connectivity index (χ2n) is 5.10. The van der Waals surface area contributed by atoms with Crippen LogP contribution in [0.2, 0.25) is 0 Å². The van der Waals surface area contributed by atoms with Gasteiger partial charge in [0.05, 0.1) is 6.42 Å². The number of carbonyl (C=O) groups excluding carboxylic acids is 1.